The molecule has 0 fully saturated rings. The average Bonchev–Trinajstić information content (AvgIpc) is 2.59. The van der Waals surface area contributed by atoms with Crippen molar-refractivity contribution in [3.8, 4) is 11.5 Å². The molecule has 186 valence electrons. The van der Waals surface area contributed by atoms with E-state index >= 15 is 0 Å². The van der Waals surface area contributed by atoms with Gasteiger partial charge in [0, 0.05) is 21.7 Å². The monoisotopic (exact) mass is 521 g/mol. The molecule has 7 nitrogen and oxygen atoms in total. The van der Waals surface area contributed by atoms with Crippen LogP contribution in [0.1, 0.15) is 31.9 Å². The van der Waals surface area contributed by atoms with Crippen LogP contribution in [0.3, 0.4) is 0 Å². The molecular weight excluding hydrogens is 499 g/mol. The molecular formula is C22H23ClF3NO6S. The first kappa shape index (κ1) is 27.5. The van der Waals surface area contributed by atoms with Crippen LogP contribution in [0.4, 0.5) is 18.9 Å². The number of rotatable bonds is 8. The van der Waals surface area contributed by atoms with E-state index in [0.29, 0.717) is 5.56 Å². The number of hydrogen-bond donors (Lipinski definition) is 2. The fourth-order valence-corrected chi connectivity index (χ4v) is 4.36. The van der Waals surface area contributed by atoms with Gasteiger partial charge < -0.3 is 15.2 Å². The van der Waals surface area contributed by atoms with Gasteiger partial charge in [-0.1, -0.05) is 32.4 Å². The number of amides is 1. The normalized spacial score (nSPS) is 12.3. The molecule has 0 unspecified atom stereocenters. The summed E-state index contributed by atoms with van der Waals surface area (Å²) in [5, 5.41) is 11.7. The topological polar surface area (TPSA) is 110 Å². The lowest BCUT2D eigenvalue weighted by Gasteiger charge is -2.19. The Kier molecular flexibility index (Phi) is 8.26. The van der Waals surface area contributed by atoms with Crippen LogP contribution in [-0.4, -0.2) is 37.3 Å². The average molecular weight is 522 g/mol. The summed E-state index contributed by atoms with van der Waals surface area (Å²) in [6, 6.07) is 8.04. The highest BCUT2D eigenvalue weighted by atomic mass is 35.5. The predicted molar refractivity (Wildman–Crippen MR) is 121 cm³/mol. The van der Waals surface area contributed by atoms with Crippen LogP contribution in [0, 0.1) is 5.41 Å². The van der Waals surface area contributed by atoms with Gasteiger partial charge in [-0.3, -0.25) is 9.59 Å². The van der Waals surface area contributed by atoms with E-state index in [2.05, 4.69) is 5.32 Å². The summed E-state index contributed by atoms with van der Waals surface area (Å²) in [5.41, 5.74) is -0.438. The van der Waals surface area contributed by atoms with E-state index in [-0.39, 0.29) is 34.2 Å². The summed E-state index contributed by atoms with van der Waals surface area (Å²) in [7, 11) is -4.63. The Hall–Kier alpha value is -2.79. The standard InChI is InChI=1S/C22H23ClF3NO6S/c1-21(2,3)20(30)27-16-4-5-18(14(9-16)11-34(31,32)12-22(24,25)26)33-17-7-13(8-19(28)29)6-15(23)10-17/h4-7,9-10H,8,11-12H2,1-3H3,(H,27,30)(H,28,29). The lowest BCUT2D eigenvalue weighted by Crippen LogP contribution is -2.27. The molecule has 0 atom stereocenters. The van der Waals surface area contributed by atoms with E-state index in [1.807, 2.05) is 0 Å². The summed E-state index contributed by atoms with van der Waals surface area (Å²) in [6.07, 6.45) is -5.29. The van der Waals surface area contributed by atoms with Crippen LogP contribution in [0.5, 0.6) is 11.5 Å². The summed E-state index contributed by atoms with van der Waals surface area (Å²) in [4.78, 5) is 23.3. The van der Waals surface area contributed by atoms with E-state index in [0.717, 1.165) is 0 Å². The van der Waals surface area contributed by atoms with E-state index < -0.39 is 44.8 Å². The second kappa shape index (κ2) is 10.2. The highest BCUT2D eigenvalue weighted by Crippen LogP contribution is 2.33. The maximum absolute atomic E-state index is 12.7. The molecule has 0 heterocycles. The Morgan fingerprint density at radius 1 is 1.09 bits per heavy atom. The van der Waals surface area contributed by atoms with Gasteiger partial charge in [-0.05, 0) is 42.0 Å². The van der Waals surface area contributed by atoms with Crippen LogP contribution in [-0.2, 0) is 31.6 Å². The van der Waals surface area contributed by atoms with Crippen molar-refractivity contribution in [2.24, 2.45) is 5.41 Å². The molecule has 34 heavy (non-hydrogen) atoms. The highest BCUT2D eigenvalue weighted by Gasteiger charge is 2.35. The van der Waals surface area contributed by atoms with Crippen LogP contribution >= 0.6 is 11.6 Å². The fraction of sp³-hybridized carbons (Fsp3) is 0.364. The third-order valence-electron chi connectivity index (χ3n) is 4.27. The zero-order valence-electron chi connectivity index (χ0n) is 18.5. The molecule has 0 bridgehead atoms. The Morgan fingerprint density at radius 2 is 1.74 bits per heavy atom. The summed E-state index contributed by atoms with van der Waals surface area (Å²) < 4.78 is 68.3. The second-order valence-corrected chi connectivity index (χ2v) is 11.1. The largest absolute Gasteiger partial charge is 0.481 e. The number of nitrogens with one attached hydrogen (secondary N) is 1. The van der Waals surface area contributed by atoms with Crippen molar-refractivity contribution >= 4 is 39.0 Å². The van der Waals surface area contributed by atoms with Gasteiger partial charge in [0.15, 0.2) is 9.84 Å². The molecule has 12 heteroatoms. The highest BCUT2D eigenvalue weighted by molar-refractivity contribution is 7.90. The fourth-order valence-electron chi connectivity index (χ4n) is 2.81. The summed E-state index contributed by atoms with van der Waals surface area (Å²) >= 11 is 6.00. The molecule has 0 aliphatic heterocycles. The second-order valence-electron chi connectivity index (χ2n) is 8.64. The number of carbonyl (C=O) groups excluding carboxylic acids is 1. The third kappa shape index (κ3) is 8.86. The molecule has 0 aromatic heterocycles. The van der Waals surface area contributed by atoms with Crippen molar-refractivity contribution in [1.29, 1.82) is 0 Å². The molecule has 0 radical (unpaired) electrons. The van der Waals surface area contributed by atoms with Crippen molar-refractivity contribution in [3.05, 3.63) is 52.5 Å². The summed E-state index contributed by atoms with van der Waals surface area (Å²) in [5.74, 6) is -4.58. The minimum Gasteiger partial charge on any atom is -0.481 e. The van der Waals surface area contributed by atoms with Crippen molar-refractivity contribution in [3.63, 3.8) is 0 Å². The van der Waals surface area contributed by atoms with E-state index in [9.17, 15) is 31.2 Å². The molecule has 0 saturated heterocycles. The van der Waals surface area contributed by atoms with Gasteiger partial charge >= 0.3 is 12.1 Å². The first-order valence-electron chi connectivity index (χ1n) is 9.84. The Morgan fingerprint density at radius 3 is 2.29 bits per heavy atom. The Balaban J connectivity index is 2.47. The predicted octanol–water partition coefficient (Wildman–Crippen LogP) is 5.22. The number of aliphatic carboxylic acids is 1. The Labute approximate surface area is 199 Å². The van der Waals surface area contributed by atoms with Crippen molar-refractivity contribution in [2.75, 3.05) is 11.1 Å². The Bertz CT molecular complexity index is 1190. The van der Waals surface area contributed by atoms with E-state index in [1.54, 1.807) is 20.8 Å². The maximum Gasteiger partial charge on any atom is 0.402 e. The molecule has 2 rings (SSSR count). The molecule has 2 aromatic carbocycles. The van der Waals surface area contributed by atoms with Crippen LogP contribution in [0.2, 0.25) is 5.02 Å². The van der Waals surface area contributed by atoms with Crippen LogP contribution in [0.25, 0.3) is 0 Å². The minimum atomic E-state index is -4.93. The van der Waals surface area contributed by atoms with Crippen LogP contribution in [0.15, 0.2) is 36.4 Å². The number of carboxylic acids is 1. The van der Waals surface area contributed by atoms with Gasteiger partial charge in [-0.15, -0.1) is 0 Å². The van der Waals surface area contributed by atoms with E-state index in [1.165, 1.54) is 36.4 Å². The lowest BCUT2D eigenvalue weighted by molar-refractivity contribution is -0.136. The van der Waals surface area contributed by atoms with Gasteiger partial charge in [0.05, 0.1) is 12.2 Å². The van der Waals surface area contributed by atoms with Gasteiger partial charge in [0.25, 0.3) is 0 Å². The number of carbonyl (C=O) groups is 2. The molecule has 0 aliphatic carbocycles. The molecule has 1 amide bonds. The van der Waals surface area contributed by atoms with Crippen molar-refractivity contribution in [2.45, 2.75) is 39.1 Å². The van der Waals surface area contributed by atoms with Gasteiger partial charge in [0.1, 0.15) is 17.3 Å². The number of hydrogen-bond acceptors (Lipinski definition) is 5. The number of halogens is 4. The van der Waals surface area contributed by atoms with Gasteiger partial charge in [-0.25, -0.2) is 8.42 Å². The number of carboxylic acid groups (broad SMARTS) is 1. The molecule has 0 saturated carbocycles. The number of sulfone groups is 1. The zero-order valence-corrected chi connectivity index (χ0v) is 20.1. The molecule has 0 aliphatic rings. The van der Waals surface area contributed by atoms with Crippen molar-refractivity contribution in [1.82, 2.24) is 0 Å². The van der Waals surface area contributed by atoms with Crippen molar-refractivity contribution < 1.29 is 41.0 Å². The van der Waals surface area contributed by atoms with Gasteiger partial charge in [-0.2, -0.15) is 13.2 Å². The zero-order chi connectivity index (χ0) is 25.9. The van der Waals surface area contributed by atoms with Gasteiger partial charge in [0.2, 0.25) is 5.91 Å². The molecule has 2 N–H and O–H groups in total. The smallest absolute Gasteiger partial charge is 0.402 e. The molecule has 0 spiro atoms. The minimum absolute atomic E-state index is 0.0599. The molecule has 2 aromatic rings. The number of alkyl halides is 3. The SMILES string of the molecule is CC(C)(C)C(=O)Nc1ccc(Oc2cc(Cl)cc(CC(=O)O)c2)c(CS(=O)(=O)CC(F)(F)F)c1. The quantitative estimate of drug-likeness (QED) is 0.493. The van der Waals surface area contributed by atoms with Crippen LogP contribution < -0.4 is 10.1 Å². The third-order valence-corrected chi connectivity index (χ3v) is 6.01. The number of ether oxygens (including phenoxy) is 1. The first-order valence-corrected chi connectivity index (χ1v) is 12.0. The number of anilines is 1. The number of benzene rings is 2. The summed E-state index contributed by atoms with van der Waals surface area (Å²) in [6.45, 7) is 4.97. The lowest BCUT2D eigenvalue weighted by atomic mass is 9.95. The van der Waals surface area contributed by atoms with E-state index in [4.69, 9.17) is 21.4 Å². The first-order chi connectivity index (χ1) is 15.4. The maximum atomic E-state index is 12.7.